The predicted molar refractivity (Wildman–Crippen MR) is 94.1 cm³/mol. The molecule has 20 heavy (non-hydrogen) atoms. The zero-order chi connectivity index (χ0) is 13.7. The van der Waals surface area contributed by atoms with Crippen LogP contribution in [0.4, 0.5) is 0 Å². The van der Waals surface area contributed by atoms with Crippen LogP contribution in [0.25, 0.3) is 0 Å². The Balaban J connectivity index is 0.00000200. The lowest BCUT2D eigenvalue weighted by Gasteiger charge is -2.11. The predicted octanol–water partition coefficient (Wildman–Crippen LogP) is 2.84. The lowest BCUT2D eigenvalue weighted by Crippen LogP contribution is -2.38. The topological polar surface area (TPSA) is 45.7 Å². The van der Waals surface area contributed by atoms with Gasteiger partial charge in [0, 0.05) is 18.2 Å². The second-order valence-corrected chi connectivity index (χ2v) is 4.93. The molecule has 0 heterocycles. The summed E-state index contributed by atoms with van der Waals surface area (Å²) in [6.07, 6.45) is 2.50. The van der Waals surface area contributed by atoms with Crippen molar-refractivity contribution in [2.45, 2.75) is 39.3 Å². The Hall–Kier alpha value is -0.980. The largest absolute Gasteiger partial charge is 0.496 e. The number of methoxy groups -OCH3 is 1. The standard InChI is InChI=1S/C15H23N3O.HI/c1-4-16-15(18-13-7-8-13)17-10-12-6-5-11(2)9-14(12)19-3;/h5-6,9,13H,4,7-8,10H2,1-3H3,(H2,16,17,18);1H. The molecule has 0 radical (unpaired) electrons. The van der Waals surface area contributed by atoms with Gasteiger partial charge in [-0.05, 0) is 38.3 Å². The van der Waals surface area contributed by atoms with E-state index >= 15 is 0 Å². The van der Waals surface area contributed by atoms with E-state index in [-0.39, 0.29) is 24.0 Å². The number of ether oxygens (including phenoxy) is 1. The summed E-state index contributed by atoms with van der Waals surface area (Å²) < 4.78 is 5.40. The van der Waals surface area contributed by atoms with Crippen LogP contribution in [0.2, 0.25) is 0 Å². The van der Waals surface area contributed by atoms with Crippen LogP contribution in [0.15, 0.2) is 23.2 Å². The van der Waals surface area contributed by atoms with Crippen LogP contribution < -0.4 is 15.4 Å². The summed E-state index contributed by atoms with van der Waals surface area (Å²) in [7, 11) is 1.70. The molecule has 0 aromatic heterocycles. The summed E-state index contributed by atoms with van der Waals surface area (Å²) in [4.78, 5) is 4.62. The van der Waals surface area contributed by atoms with Gasteiger partial charge < -0.3 is 15.4 Å². The maximum absolute atomic E-state index is 5.40. The Kier molecular flexibility index (Phi) is 7.12. The molecule has 0 aliphatic heterocycles. The molecular formula is C15H24IN3O. The van der Waals surface area contributed by atoms with Gasteiger partial charge in [0.15, 0.2) is 5.96 Å². The van der Waals surface area contributed by atoms with E-state index in [4.69, 9.17) is 4.74 Å². The molecule has 112 valence electrons. The SMILES string of the molecule is CCNC(=NCc1ccc(C)cc1OC)NC1CC1.I. The van der Waals surface area contributed by atoms with Crippen molar-refractivity contribution in [3.05, 3.63) is 29.3 Å². The number of hydrogen-bond donors (Lipinski definition) is 2. The molecule has 0 unspecified atom stereocenters. The van der Waals surface area contributed by atoms with Crippen molar-refractivity contribution in [2.75, 3.05) is 13.7 Å². The minimum Gasteiger partial charge on any atom is -0.496 e. The molecule has 0 spiro atoms. The lowest BCUT2D eigenvalue weighted by molar-refractivity contribution is 0.409. The number of benzene rings is 1. The van der Waals surface area contributed by atoms with Crippen molar-refractivity contribution in [3.8, 4) is 5.75 Å². The van der Waals surface area contributed by atoms with E-state index in [1.807, 2.05) is 6.07 Å². The van der Waals surface area contributed by atoms with Crippen LogP contribution in [0.1, 0.15) is 30.9 Å². The van der Waals surface area contributed by atoms with Crippen molar-refractivity contribution in [2.24, 2.45) is 4.99 Å². The minimum atomic E-state index is 0. The number of aryl methyl sites for hydroxylation is 1. The Morgan fingerprint density at radius 3 is 2.75 bits per heavy atom. The average Bonchev–Trinajstić information content (AvgIpc) is 3.21. The highest BCUT2D eigenvalue weighted by molar-refractivity contribution is 14.0. The number of halogens is 1. The first kappa shape index (κ1) is 17.1. The van der Waals surface area contributed by atoms with E-state index < -0.39 is 0 Å². The van der Waals surface area contributed by atoms with Crippen LogP contribution >= 0.6 is 24.0 Å². The number of rotatable bonds is 5. The second-order valence-electron chi connectivity index (χ2n) is 4.93. The highest BCUT2D eigenvalue weighted by Gasteiger charge is 2.22. The molecule has 2 rings (SSSR count). The highest BCUT2D eigenvalue weighted by Crippen LogP contribution is 2.21. The van der Waals surface area contributed by atoms with Crippen molar-refractivity contribution < 1.29 is 4.74 Å². The number of aliphatic imine (C=N–C) groups is 1. The Morgan fingerprint density at radius 2 is 2.15 bits per heavy atom. The van der Waals surface area contributed by atoms with Crippen molar-refractivity contribution >= 4 is 29.9 Å². The fraction of sp³-hybridized carbons (Fsp3) is 0.533. The molecule has 5 heteroatoms. The molecule has 0 bridgehead atoms. The smallest absolute Gasteiger partial charge is 0.191 e. The monoisotopic (exact) mass is 389 g/mol. The van der Waals surface area contributed by atoms with Gasteiger partial charge in [0.1, 0.15) is 5.75 Å². The third-order valence-electron chi connectivity index (χ3n) is 3.11. The quantitative estimate of drug-likeness (QED) is 0.463. The van der Waals surface area contributed by atoms with Crippen LogP contribution in [-0.4, -0.2) is 25.7 Å². The van der Waals surface area contributed by atoms with Gasteiger partial charge in [-0.25, -0.2) is 4.99 Å². The fourth-order valence-corrected chi connectivity index (χ4v) is 1.89. The minimum absolute atomic E-state index is 0. The van der Waals surface area contributed by atoms with Crippen LogP contribution in [-0.2, 0) is 6.54 Å². The van der Waals surface area contributed by atoms with Crippen LogP contribution in [0.3, 0.4) is 0 Å². The first-order valence-corrected chi connectivity index (χ1v) is 6.91. The van der Waals surface area contributed by atoms with Gasteiger partial charge in [0.2, 0.25) is 0 Å². The molecule has 1 aliphatic rings. The zero-order valence-corrected chi connectivity index (χ0v) is 14.7. The average molecular weight is 389 g/mol. The van der Waals surface area contributed by atoms with E-state index in [2.05, 4.69) is 41.6 Å². The Morgan fingerprint density at radius 1 is 1.40 bits per heavy atom. The highest BCUT2D eigenvalue weighted by atomic mass is 127. The van der Waals surface area contributed by atoms with E-state index in [1.54, 1.807) is 7.11 Å². The fourth-order valence-electron chi connectivity index (χ4n) is 1.89. The normalized spacial score (nSPS) is 14.4. The molecule has 1 saturated carbocycles. The van der Waals surface area contributed by atoms with E-state index in [9.17, 15) is 0 Å². The van der Waals surface area contributed by atoms with E-state index in [1.165, 1.54) is 18.4 Å². The Bertz CT molecular complexity index is 458. The molecule has 1 aromatic rings. The summed E-state index contributed by atoms with van der Waals surface area (Å²) in [6, 6.07) is 6.83. The van der Waals surface area contributed by atoms with Gasteiger partial charge in [-0.1, -0.05) is 12.1 Å². The van der Waals surface area contributed by atoms with E-state index in [0.29, 0.717) is 12.6 Å². The molecular weight excluding hydrogens is 365 g/mol. The van der Waals surface area contributed by atoms with Gasteiger partial charge in [-0.3, -0.25) is 0 Å². The third kappa shape index (κ3) is 5.19. The molecule has 1 aliphatic carbocycles. The van der Waals surface area contributed by atoms with Gasteiger partial charge in [-0.2, -0.15) is 0 Å². The summed E-state index contributed by atoms with van der Waals surface area (Å²) in [6.45, 7) is 5.65. The number of nitrogens with one attached hydrogen (secondary N) is 2. The van der Waals surface area contributed by atoms with Crippen LogP contribution in [0, 0.1) is 6.92 Å². The molecule has 1 aromatic carbocycles. The van der Waals surface area contributed by atoms with Crippen molar-refractivity contribution in [3.63, 3.8) is 0 Å². The third-order valence-corrected chi connectivity index (χ3v) is 3.11. The van der Waals surface area contributed by atoms with Crippen molar-refractivity contribution in [1.29, 1.82) is 0 Å². The van der Waals surface area contributed by atoms with Gasteiger partial charge in [0.05, 0.1) is 13.7 Å². The number of nitrogens with zero attached hydrogens (tertiary/aromatic N) is 1. The maximum atomic E-state index is 5.40. The van der Waals surface area contributed by atoms with Gasteiger partial charge in [0.25, 0.3) is 0 Å². The lowest BCUT2D eigenvalue weighted by atomic mass is 10.1. The van der Waals surface area contributed by atoms with Crippen molar-refractivity contribution in [1.82, 2.24) is 10.6 Å². The second kappa shape index (κ2) is 8.34. The molecule has 2 N–H and O–H groups in total. The zero-order valence-electron chi connectivity index (χ0n) is 12.4. The maximum Gasteiger partial charge on any atom is 0.191 e. The molecule has 0 amide bonds. The molecule has 1 fully saturated rings. The summed E-state index contributed by atoms with van der Waals surface area (Å²) in [5.41, 5.74) is 2.31. The van der Waals surface area contributed by atoms with Crippen LogP contribution in [0.5, 0.6) is 5.75 Å². The molecule has 4 nitrogen and oxygen atoms in total. The van der Waals surface area contributed by atoms with Gasteiger partial charge in [-0.15, -0.1) is 24.0 Å². The Labute approximate surface area is 138 Å². The summed E-state index contributed by atoms with van der Waals surface area (Å²) in [5.74, 6) is 1.80. The van der Waals surface area contributed by atoms with Gasteiger partial charge >= 0.3 is 0 Å². The summed E-state index contributed by atoms with van der Waals surface area (Å²) >= 11 is 0. The first-order valence-electron chi connectivity index (χ1n) is 6.91. The summed E-state index contributed by atoms with van der Waals surface area (Å²) in [5, 5.41) is 6.68. The molecule has 0 atom stereocenters. The molecule has 0 saturated heterocycles. The van der Waals surface area contributed by atoms with E-state index in [0.717, 1.165) is 23.8 Å². The first-order chi connectivity index (χ1) is 9.22. The number of guanidine groups is 1. The number of hydrogen-bond acceptors (Lipinski definition) is 2.